The lowest BCUT2D eigenvalue weighted by Crippen LogP contribution is -2.41. The predicted octanol–water partition coefficient (Wildman–Crippen LogP) is 3.59. The summed E-state index contributed by atoms with van der Waals surface area (Å²) < 4.78 is 5.62. The summed E-state index contributed by atoms with van der Waals surface area (Å²) in [5.74, 6) is 0.455. The molecule has 0 aliphatic heterocycles. The number of rotatable bonds is 8. The molecule has 0 fully saturated rings. The van der Waals surface area contributed by atoms with Crippen LogP contribution in [0.1, 0.15) is 6.92 Å². The Morgan fingerprint density at radius 1 is 1.31 bits per heavy atom. The quantitative estimate of drug-likeness (QED) is 0.561. The van der Waals surface area contributed by atoms with Crippen LogP contribution in [0, 0.1) is 10.1 Å². The van der Waals surface area contributed by atoms with E-state index in [2.05, 4.69) is 5.32 Å². The number of hydrogen-bond acceptors (Lipinski definition) is 5. The topological polar surface area (TPSA) is 84.7 Å². The number of carbonyl (C=O) groups excluding carboxylic acids is 1. The van der Waals surface area contributed by atoms with E-state index in [1.165, 1.54) is 18.2 Å². The van der Waals surface area contributed by atoms with Gasteiger partial charge in [0.2, 0.25) is 5.91 Å². The van der Waals surface area contributed by atoms with Crippen molar-refractivity contribution in [2.75, 3.05) is 25.5 Å². The number of halogens is 1. The van der Waals surface area contributed by atoms with Gasteiger partial charge in [0.25, 0.3) is 5.69 Å². The number of amides is 1. The van der Waals surface area contributed by atoms with E-state index in [9.17, 15) is 14.9 Å². The van der Waals surface area contributed by atoms with E-state index in [0.29, 0.717) is 13.2 Å². The minimum absolute atomic E-state index is 0.137. The van der Waals surface area contributed by atoms with Gasteiger partial charge in [-0.05, 0) is 32.2 Å². The molecule has 0 saturated carbocycles. The maximum Gasteiger partial charge on any atom is 0.271 e. The van der Waals surface area contributed by atoms with E-state index >= 15 is 0 Å². The van der Waals surface area contributed by atoms with Crippen molar-refractivity contribution in [2.24, 2.45) is 0 Å². The number of nitro benzene ring substituents is 1. The van der Waals surface area contributed by atoms with Crippen molar-refractivity contribution in [1.29, 1.82) is 0 Å². The number of nitrogens with zero attached hydrogens (tertiary/aromatic N) is 2. The Balaban J connectivity index is 1.90. The summed E-state index contributed by atoms with van der Waals surface area (Å²) in [6.45, 7) is 2.70. The number of benzene rings is 2. The maximum atomic E-state index is 12.4. The Kier molecular flexibility index (Phi) is 6.94. The second-order valence-electron chi connectivity index (χ2n) is 5.73. The van der Waals surface area contributed by atoms with Gasteiger partial charge in [-0.3, -0.25) is 19.8 Å². The van der Waals surface area contributed by atoms with Crippen molar-refractivity contribution >= 4 is 28.9 Å². The highest BCUT2D eigenvalue weighted by molar-refractivity contribution is 6.33. The van der Waals surface area contributed by atoms with Crippen LogP contribution in [-0.4, -0.2) is 42.0 Å². The SMILES string of the molecule is CC(C(=O)Nc1cc([N+](=O)[O-])ccc1Cl)N(C)CCOc1ccccc1. The summed E-state index contributed by atoms with van der Waals surface area (Å²) in [5.41, 5.74) is 0.0774. The molecule has 0 radical (unpaired) electrons. The molecule has 0 aliphatic rings. The molecule has 7 nitrogen and oxygen atoms in total. The van der Waals surface area contributed by atoms with Crippen molar-refractivity contribution in [3.05, 3.63) is 63.7 Å². The lowest BCUT2D eigenvalue weighted by atomic mass is 10.2. The van der Waals surface area contributed by atoms with Crippen molar-refractivity contribution in [2.45, 2.75) is 13.0 Å². The molecular formula is C18H20ClN3O4. The number of carbonyl (C=O) groups is 1. The fraction of sp³-hybridized carbons (Fsp3) is 0.278. The molecule has 0 saturated heterocycles. The minimum atomic E-state index is -0.539. The molecule has 0 heterocycles. The standard InChI is InChI=1S/C18H20ClN3O4/c1-13(21(2)10-11-26-15-6-4-3-5-7-15)18(23)20-17-12-14(22(24)25)8-9-16(17)19/h3-9,12-13H,10-11H2,1-2H3,(H,20,23). The first-order chi connectivity index (χ1) is 12.4. The average Bonchev–Trinajstić information content (AvgIpc) is 2.63. The number of nitro groups is 1. The van der Waals surface area contributed by atoms with Crippen molar-refractivity contribution < 1.29 is 14.5 Å². The molecule has 0 aromatic heterocycles. The summed E-state index contributed by atoms with van der Waals surface area (Å²) in [6.07, 6.45) is 0. The fourth-order valence-electron chi connectivity index (χ4n) is 2.18. The van der Waals surface area contributed by atoms with Crippen LogP contribution in [0.3, 0.4) is 0 Å². The second-order valence-corrected chi connectivity index (χ2v) is 6.14. The van der Waals surface area contributed by atoms with E-state index in [0.717, 1.165) is 5.75 Å². The van der Waals surface area contributed by atoms with Crippen LogP contribution in [0.5, 0.6) is 5.75 Å². The van der Waals surface area contributed by atoms with Crippen molar-refractivity contribution in [3.8, 4) is 5.75 Å². The highest BCUT2D eigenvalue weighted by Gasteiger charge is 2.20. The van der Waals surface area contributed by atoms with Gasteiger partial charge in [-0.15, -0.1) is 0 Å². The van der Waals surface area contributed by atoms with Gasteiger partial charge in [-0.25, -0.2) is 0 Å². The third-order valence-corrected chi connectivity index (χ3v) is 4.24. The number of nitrogens with one attached hydrogen (secondary N) is 1. The van der Waals surface area contributed by atoms with Gasteiger partial charge in [-0.2, -0.15) is 0 Å². The first-order valence-electron chi connectivity index (χ1n) is 8.01. The molecule has 8 heteroatoms. The lowest BCUT2D eigenvalue weighted by Gasteiger charge is -2.24. The first kappa shape index (κ1) is 19.7. The van der Waals surface area contributed by atoms with Gasteiger partial charge in [0.1, 0.15) is 12.4 Å². The minimum Gasteiger partial charge on any atom is -0.492 e. The summed E-state index contributed by atoms with van der Waals surface area (Å²) in [4.78, 5) is 24.5. The number of ether oxygens (including phenoxy) is 1. The number of hydrogen-bond donors (Lipinski definition) is 1. The highest BCUT2D eigenvalue weighted by Crippen LogP contribution is 2.26. The Morgan fingerprint density at radius 3 is 2.65 bits per heavy atom. The summed E-state index contributed by atoms with van der Waals surface area (Å²) in [6, 6.07) is 12.9. The van der Waals surface area contributed by atoms with Crippen LogP contribution >= 0.6 is 11.6 Å². The zero-order valence-electron chi connectivity index (χ0n) is 14.5. The largest absolute Gasteiger partial charge is 0.492 e. The molecule has 1 atom stereocenters. The number of para-hydroxylation sites is 1. The van der Waals surface area contributed by atoms with Gasteiger partial charge in [-0.1, -0.05) is 29.8 Å². The molecule has 1 amide bonds. The highest BCUT2D eigenvalue weighted by atomic mass is 35.5. The normalized spacial score (nSPS) is 11.8. The van der Waals surface area contributed by atoms with E-state index in [1.807, 2.05) is 35.2 Å². The zero-order chi connectivity index (χ0) is 19.1. The van der Waals surface area contributed by atoms with Crippen LogP contribution in [0.15, 0.2) is 48.5 Å². The van der Waals surface area contributed by atoms with Gasteiger partial charge in [0.15, 0.2) is 0 Å². The van der Waals surface area contributed by atoms with Gasteiger partial charge in [0, 0.05) is 18.7 Å². The zero-order valence-corrected chi connectivity index (χ0v) is 15.3. The summed E-state index contributed by atoms with van der Waals surface area (Å²) in [7, 11) is 1.80. The monoisotopic (exact) mass is 377 g/mol. The van der Waals surface area contributed by atoms with Crippen molar-refractivity contribution in [1.82, 2.24) is 4.90 Å². The molecule has 2 aromatic carbocycles. The second kappa shape index (κ2) is 9.17. The average molecular weight is 378 g/mol. The Morgan fingerprint density at radius 2 is 2.00 bits per heavy atom. The molecule has 2 rings (SSSR count). The third-order valence-electron chi connectivity index (χ3n) is 3.92. The number of likely N-dealkylation sites (N-methyl/N-ethyl adjacent to an activating group) is 1. The molecule has 1 unspecified atom stereocenters. The molecule has 1 N–H and O–H groups in total. The predicted molar refractivity (Wildman–Crippen MR) is 101 cm³/mol. The van der Waals surface area contributed by atoms with Crippen LogP contribution in [-0.2, 0) is 4.79 Å². The van der Waals surface area contributed by atoms with Crippen LogP contribution in [0.25, 0.3) is 0 Å². The summed E-state index contributed by atoms with van der Waals surface area (Å²) >= 11 is 6.01. The van der Waals surface area contributed by atoms with E-state index in [1.54, 1.807) is 14.0 Å². The molecule has 138 valence electrons. The molecule has 0 aliphatic carbocycles. The van der Waals surface area contributed by atoms with Gasteiger partial charge < -0.3 is 10.1 Å². The first-order valence-corrected chi connectivity index (χ1v) is 8.39. The Labute approximate surface area is 156 Å². The summed E-state index contributed by atoms with van der Waals surface area (Å²) in [5, 5.41) is 13.7. The van der Waals surface area contributed by atoms with Crippen LogP contribution in [0.2, 0.25) is 5.02 Å². The van der Waals surface area contributed by atoms with Crippen LogP contribution in [0.4, 0.5) is 11.4 Å². The molecule has 0 spiro atoms. The van der Waals surface area contributed by atoms with Crippen molar-refractivity contribution in [3.63, 3.8) is 0 Å². The maximum absolute atomic E-state index is 12.4. The fourth-order valence-corrected chi connectivity index (χ4v) is 2.34. The van der Waals surface area contributed by atoms with E-state index in [4.69, 9.17) is 16.3 Å². The molecule has 0 bridgehead atoms. The molecule has 26 heavy (non-hydrogen) atoms. The molecule has 2 aromatic rings. The lowest BCUT2D eigenvalue weighted by molar-refractivity contribution is -0.384. The van der Waals surface area contributed by atoms with E-state index in [-0.39, 0.29) is 22.3 Å². The van der Waals surface area contributed by atoms with Gasteiger partial charge in [0.05, 0.1) is 21.7 Å². The molecular weight excluding hydrogens is 358 g/mol. The van der Waals surface area contributed by atoms with Gasteiger partial charge >= 0.3 is 0 Å². The van der Waals surface area contributed by atoms with E-state index < -0.39 is 11.0 Å². The van der Waals surface area contributed by atoms with Crippen LogP contribution < -0.4 is 10.1 Å². The number of anilines is 1. The number of non-ortho nitro benzene ring substituents is 1. The third kappa shape index (κ3) is 5.44. The smallest absolute Gasteiger partial charge is 0.271 e. The Bertz CT molecular complexity index is 770. The Hall–Kier alpha value is -2.64.